The van der Waals surface area contributed by atoms with Gasteiger partial charge in [0.1, 0.15) is 34.6 Å². The quantitative estimate of drug-likeness (QED) is 0.157. The number of phenols is 2. The predicted molar refractivity (Wildman–Crippen MR) is 138 cm³/mol. The zero-order valence-corrected chi connectivity index (χ0v) is 21.7. The number of nitrogens with zero attached hydrogens (tertiary/aromatic N) is 1. The summed E-state index contributed by atoms with van der Waals surface area (Å²) in [4.78, 5) is 49.4. The topological polar surface area (TPSA) is 175 Å². The first-order valence-corrected chi connectivity index (χ1v) is 12.6. The van der Waals surface area contributed by atoms with E-state index in [0.29, 0.717) is 5.56 Å². The van der Waals surface area contributed by atoms with Crippen LogP contribution < -0.4 is 15.6 Å². The molecule has 2 amide bonds. The normalized spacial score (nSPS) is 16.4. The highest BCUT2D eigenvalue weighted by Crippen LogP contribution is 2.59. The number of nitrogens with one attached hydrogen (secondary N) is 2. The first-order valence-electron chi connectivity index (χ1n) is 11.6. The van der Waals surface area contributed by atoms with Crippen LogP contribution in [0.2, 0.25) is 0 Å². The Morgan fingerprint density at radius 1 is 0.850 bits per heavy atom. The Kier molecular flexibility index (Phi) is 6.92. The van der Waals surface area contributed by atoms with Crippen molar-refractivity contribution in [2.24, 2.45) is 0 Å². The highest BCUT2D eigenvalue weighted by atomic mass is 35.5. The van der Waals surface area contributed by atoms with E-state index >= 15 is 0 Å². The van der Waals surface area contributed by atoms with E-state index in [9.17, 15) is 34.5 Å². The van der Waals surface area contributed by atoms with Gasteiger partial charge in [-0.1, -0.05) is 18.2 Å². The molecule has 5 N–H and O–H groups in total. The van der Waals surface area contributed by atoms with Gasteiger partial charge in [0.2, 0.25) is 0 Å². The number of carbonyl (C=O) groups is 4. The second-order valence-corrected chi connectivity index (χ2v) is 9.26. The van der Waals surface area contributed by atoms with Gasteiger partial charge in [-0.05, 0) is 30.3 Å². The van der Waals surface area contributed by atoms with E-state index in [1.807, 2.05) is 0 Å². The number of hydrazine groups is 2. The van der Waals surface area contributed by atoms with Crippen LogP contribution in [0, 0.1) is 0 Å². The van der Waals surface area contributed by atoms with E-state index in [1.165, 1.54) is 18.2 Å². The molecule has 0 fully saturated rings. The number of alkyl halides is 2. The molecule has 1 unspecified atom stereocenters. The largest absolute Gasteiger partial charge is 0.507 e. The van der Waals surface area contributed by atoms with Crippen molar-refractivity contribution in [3.8, 4) is 23.0 Å². The zero-order chi connectivity index (χ0) is 28.8. The number of aromatic carboxylic acids is 1. The van der Waals surface area contributed by atoms with Crippen molar-refractivity contribution in [1.29, 1.82) is 0 Å². The number of amides is 2. The molecule has 0 bridgehead atoms. The fraction of sp³-hybridized carbons (Fsp3) is 0.154. The monoisotopic (exact) mass is 587 g/mol. The highest BCUT2D eigenvalue weighted by molar-refractivity contribution is 6.27. The van der Waals surface area contributed by atoms with Gasteiger partial charge in [0.15, 0.2) is 11.4 Å². The number of hydrogen-bond acceptors (Lipinski definition) is 9. The molecule has 3 aromatic rings. The number of benzene rings is 3. The maximum atomic E-state index is 13.1. The lowest BCUT2D eigenvalue weighted by molar-refractivity contribution is -0.131. The average Bonchev–Trinajstić information content (AvgIpc) is 3.22. The molecule has 14 heteroatoms. The number of ether oxygens (including phenoxy) is 2. The standard InChI is InChI=1S/C26H19Cl2N3O9/c27-9-19(34)29-31(30-20(35)10-28)11-13-17(32)7-5-15-22(13)39-23-16(6-8-18(33)21(23)24(36)37)26(15)14-4-2-1-3-12(14)25(38)40-26/h1-8,32-33H,9-11H2,(H,29,34)(H,30,35)(H,36,37). The Balaban J connectivity index is 1.78. The van der Waals surface area contributed by atoms with Gasteiger partial charge in [-0.3, -0.25) is 20.4 Å². The van der Waals surface area contributed by atoms with E-state index in [1.54, 1.807) is 24.3 Å². The summed E-state index contributed by atoms with van der Waals surface area (Å²) in [6, 6.07) is 11.8. The number of aromatic hydroxyl groups is 2. The molecule has 1 atom stereocenters. The Bertz CT molecular complexity index is 1580. The molecule has 0 aromatic heterocycles. The number of rotatable bonds is 7. The fourth-order valence-electron chi connectivity index (χ4n) is 4.82. The Morgan fingerprint density at radius 3 is 2.08 bits per heavy atom. The molecular formula is C26H19Cl2N3O9. The minimum Gasteiger partial charge on any atom is -0.507 e. The summed E-state index contributed by atoms with van der Waals surface area (Å²) in [5.74, 6) is -6.04. The lowest BCUT2D eigenvalue weighted by Crippen LogP contribution is -2.53. The Hall–Kier alpha value is -4.52. The number of carboxylic acid groups (broad SMARTS) is 1. The van der Waals surface area contributed by atoms with Crippen LogP contribution in [0.15, 0.2) is 48.5 Å². The number of phenolic OH excluding ortho intramolecular Hbond substituents is 1. The van der Waals surface area contributed by atoms with E-state index in [-0.39, 0.29) is 39.5 Å². The van der Waals surface area contributed by atoms with Gasteiger partial charge < -0.3 is 24.8 Å². The summed E-state index contributed by atoms with van der Waals surface area (Å²) < 4.78 is 12.1. The second-order valence-electron chi connectivity index (χ2n) is 8.72. The third-order valence-electron chi connectivity index (χ3n) is 6.40. The van der Waals surface area contributed by atoms with Crippen molar-refractivity contribution < 1.29 is 44.0 Å². The highest BCUT2D eigenvalue weighted by Gasteiger charge is 2.55. The van der Waals surface area contributed by atoms with Crippen LogP contribution in [0.3, 0.4) is 0 Å². The van der Waals surface area contributed by atoms with Crippen molar-refractivity contribution in [3.63, 3.8) is 0 Å². The summed E-state index contributed by atoms with van der Waals surface area (Å²) in [5, 5.41) is 32.2. The smallest absolute Gasteiger partial charge is 0.343 e. The van der Waals surface area contributed by atoms with Crippen LogP contribution in [-0.4, -0.2) is 56.0 Å². The van der Waals surface area contributed by atoms with Gasteiger partial charge in [-0.2, -0.15) is 0 Å². The summed E-state index contributed by atoms with van der Waals surface area (Å²) in [6.07, 6.45) is 0. The Morgan fingerprint density at radius 2 is 1.45 bits per heavy atom. The predicted octanol–water partition coefficient (Wildman–Crippen LogP) is 2.71. The van der Waals surface area contributed by atoms with E-state index in [2.05, 4.69) is 10.9 Å². The molecule has 5 rings (SSSR count). The van der Waals surface area contributed by atoms with Crippen LogP contribution in [0.5, 0.6) is 23.0 Å². The van der Waals surface area contributed by atoms with Gasteiger partial charge in [0.25, 0.3) is 11.8 Å². The molecule has 0 saturated carbocycles. The molecule has 2 aliphatic heterocycles. The summed E-state index contributed by atoms with van der Waals surface area (Å²) in [5.41, 5.74) is 3.20. The third-order valence-corrected chi connectivity index (χ3v) is 6.88. The average molecular weight is 588 g/mol. The van der Waals surface area contributed by atoms with E-state index in [4.69, 9.17) is 32.7 Å². The van der Waals surface area contributed by atoms with E-state index in [0.717, 1.165) is 11.2 Å². The molecule has 0 saturated heterocycles. The van der Waals surface area contributed by atoms with Gasteiger partial charge in [-0.25, -0.2) is 9.59 Å². The minimum atomic E-state index is -1.74. The van der Waals surface area contributed by atoms with Crippen molar-refractivity contribution in [2.45, 2.75) is 12.1 Å². The van der Waals surface area contributed by atoms with E-state index < -0.39 is 59.0 Å². The van der Waals surface area contributed by atoms with Crippen molar-refractivity contribution in [3.05, 3.63) is 81.9 Å². The summed E-state index contributed by atoms with van der Waals surface area (Å²) >= 11 is 11.2. The van der Waals surface area contributed by atoms with Gasteiger partial charge in [-0.15, -0.1) is 28.3 Å². The fourth-order valence-corrected chi connectivity index (χ4v) is 4.94. The van der Waals surface area contributed by atoms with Crippen LogP contribution in [0.1, 0.15) is 43.0 Å². The molecule has 2 aliphatic rings. The number of halogens is 2. The molecule has 40 heavy (non-hydrogen) atoms. The first kappa shape index (κ1) is 27.1. The molecule has 3 aromatic carbocycles. The van der Waals surface area contributed by atoms with Crippen molar-refractivity contribution >= 4 is 47.0 Å². The zero-order valence-electron chi connectivity index (χ0n) is 20.2. The van der Waals surface area contributed by atoms with Crippen LogP contribution in [0.25, 0.3) is 0 Å². The van der Waals surface area contributed by atoms with Crippen LogP contribution >= 0.6 is 23.2 Å². The minimum absolute atomic E-state index is 0.0487. The lowest BCUT2D eigenvalue weighted by atomic mass is 9.76. The number of esters is 1. The molecule has 206 valence electrons. The molecule has 12 nitrogen and oxygen atoms in total. The lowest BCUT2D eigenvalue weighted by Gasteiger charge is -2.38. The summed E-state index contributed by atoms with van der Waals surface area (Å²) in [7, 11) is 0. The molecular weight excluding hydrogens is 569 g/mol. The molecule has 1 spiro atoms. The first-order chi connectivity index (χ1) is 19.1. The maximum absolute atomic E-state index is 13.1. The number of carboxylic acids is 1. The van der Waals surface area contributed by atoms with Gasteiger partial charge in [0, 0.05) is 16.7 Å². The number of carbonyl (C=O) groups excluding carboxylic acids is 3. The van der Waals surface area contributed by atoms with Crippen LogP contribution in [0.4, 0.5) is 0 Å². The molecule has 0 aliphatic carbocycles. The summed E-state index contributed by atoms with van der Waals surface area (Å²) in [6.45, 7) is -0.442. The van der Waals surface area contributed by atoms with Gasteiger partial charge in [0.05, 0.1) is 17.7 Å². The maximum Gasteiger partial charge on any atom is 0.343 e. The van der Waals surface area contributed by atoms with Crippen molar-refractivity contribution in [1.82, 2.24) is 16.0 Å². The van der Waals surface area contributed by atoms with Crippen molar-refractivity contribution in [2.75, 3.05) is 11.8 Å². The van der Waals surface area contributed by atoms with Crippen LogP contribution in [-0.2, 0) is 26.5 Å². The second kappa shape index (κ2) is 10.2. The number of fused-ring (bicyclic) bond motifs is 6. The molecule has 2 heterocycles. The molecule has 0 radical (unpaired) electrons. The Labute approximate surface area is 235 Å². The SMILES string of the molecule is O=C(CCl)NN(Cc1c(O)ccc2c1Oc1c(ccc(O)c1C(=O)O)C21OC(=O)c2ccccc21)NC(=O)CCl. The third kappa shape index (κ3) is 4.22. The number of hydrogen-bond donors (Lipinski definition) is 5. The van der Waals surface area contributed by atoms with Gasteiger partial charge >= 0.3 is 11.9 Å².